The molecule has 0 aliphatic carbocycles. The fraction of sp³-hybridized carbons (Fsp3) is 0.263. The summed E-state index contributed by atoms with van der Waals surface area (Å²) in [6.07, 6.45) is 2.23. The maximum absolute atomic E-state index is 2.28. The fourth-order valence-electron chi connectivity index (χ4n) is 2.45. The van der Waals surface area contributed by atoms with Crippen molar-refractivity contribution in [1.29, 1.82) is 0 Å². The highest BCUT2D eigenvalue weighted by atomic mass is 14.2. The Bertz CT molecular complexity index is 556. The second-order valence-electron chi connectivity index (χ2n) is 5.24. The predicted molar refractivity (Wildman–Crippen MR) is 84.4 cm³/mol. The average Bonchev–Trinajstić information content (AvgIpc) is 2.42. The molecule has 0 radical (unpaired) electrons. The first-order valence-electron chi connectivity index (χ1n) is 6.91. The van der Waals surface area contributed by atoms with Crippen LogP contribution in [0.5, 0.6) is 0 Å². The van der Waals surface area contributed by atoms with Gasteiger partial charge >= 0.3 is 0 Å². The molecule has 0 bridgehead atoms. The summed E-state index contributed by atoms with van der Waals surface area (Å²) in [5, 5.41) is 0. The second-order valence-corrected chi connectivity index (χ2v) is 5.24. The summed E-state index contributed by atoms with van der Waals surface area (Å²) in [6.45, 7) is 8.66. The molecule has 2 aromatic carbocycles. The van der Waals surface area contributed by atoms with Crippen molar-refractivity contribution in [2.24, 2.45) is 0 Å². The first kappa shape index (κ1) is 13.6. The molecule has 0 amide bonds. The van der Waals surface area contributed by atoms with Gasteiger partial charge in [-0.1, -0.05) is 72.7 Å². The molecule has 0 N–H and O–H groups in total. The molecule has 0 aromatic heterocycles. The van der Waals surface area contributed by atoms with Gasteiger partial charge in [-0.3, -0.25) is 0 Å². The fourth-order valence-corrected chi connectivity index (χ4v) is 2.45. The monoisotopic (exact) mass is 250 g/mol. The van der Waals surface area contributed by atoms with Gasteiger partial charge in [-0.05, 0) is 37.5 Å². The maximum atomic E-state index is 2.28. The molecule has 2 aromatic rings. The topological polar surface area (TPSA) is 0 Å². The van der Waals surface area contributed by atoms with Crippen molar-refractivity contribution in [2.45, 2.75) is 33.6 Å². The zero-order valence-electron chi connectivity index (χ0n) is 12.3. The summed E-state index contributed by atoms with van der Waals surface area (Å²) in [5.41, 5.74) is 6.71. The molecule has 0 aliphatic rings. The standard InChI is InChI=1S/C19H22/c1-5-19(18-12-8-15(3)9-13-18)16(4)17-10-6-14(2)7-11-17/h5-13,16H,1-4H3. The summed E-state index contributed by atoms with van der Waals surface area (Å²) in [6, 6.07) is 17.6. The molecule has 0 fully saturated rings. The van der Waals surface area contributed by atoms with Crippen LogP contribution in [-0.4, -0.2) is 0 Å². The molecule has 98 valence electrons. The molecule has 1 unspecified atom stereocenters. The molecule has 19 heavy (non-hydrogen) atoms. The average molecular weight is 250 g/mol. The van der Waals surface area contributed by atoms with Gasteiger partial charge in [0.2, 0.25) is 0 Å². The summed E-state index contributed by atoms with van der Waals surface area (Å²) in [5.74, 6) is 0.424. The highest BCUT2D eigenvalue weighted by Gasteiger charge is 2.12. The van der Waals surface area contributed by atoms with Crippen molar-refractivity contribution in [1.82, 2.24) is 0 Å². The molecule has 1 atom stereocenters. The van der Waals surface area contributed by atoms with Gasteiger partial charge in [0.15, 0.2) is 0 Å². The van der Waals surface area contributed by atoms with E-state index < -0.39 is 0 Å². The number of allylic oxidation sites excluding steroid dienone is 2. The van der Waals surface area contributed by atoms with Crippen molar-refractivity contribution >= 4 is 5.57 Å². The van der Waals surface area contributed by atoms with Crippen LogP contribution in [0.4, 0.5) is 0 Å². The van der Waals surface area contributed by atoms with E-state index in [4.69, 9.17) is 0 Å². The molecular formula is C19H22. The minimum absolute atomic E-state index is 0.424. The molecule has 0 aliphatic heterocycles. The minimum Gasteiger partial charge on any atom is -0.0832 e. The van der Waals surface area contributed by atoms with Gasteiger partial charge < -0.3 is 0 Å². The Hall–Kier alpha value is -1.82. The van der Waals surface area contributed by atoms with Crippen LogP contribution in [0, 0.1) is 13.8 Å². The quantitative estimate of drug-likeness (QED) is 0.673. The minimum atomic E-state index is 0.424. The van der Waals surface area contributed by atoms with Crippen LogP contribution in [0.1, 0.15) is 42.0 Å². The summed E-state index contributed by atoms with van der Waals surface area (Å²) in [4.78, 5) is 0. The van der Waals surface area contributed by atoms with Crippen LogP contribution in [0.2, 0.25) is 0 Å². The number of hydrogen-bond acceptors (Lipinski definition) is 0. The largest absolute Gasteiger partial charge is 0.0832 e. The summed E-state index contributed by atoms with van der Waals surface area (Å²) in [7, 11) is 0. The van der Waals surface area contributed by atoms with Gasteiger partial charge in [-0.2, -0.15) is 0 Å². The first-order valence-corrected chi connectivity index (χ1v) is 6.91. The number of hydrogen-bond donors (Lipinski definition) is 0. The number of benzene rings is 2. The lowest BCUT2D eigenvalue weighted by Crippen LogP contribution is -1.98. The van der Waals surface area contributed by atoms with Crippen LogP contribution in [0.15, 0.2) is 54.6 Å². The van der Waals surface area contributed by atoms with Crippen LogP contribution in [0.3, 0.4) is 0 Å². The summed E-state index contributed by atoms with van der Waals surface area (Å²) < 4.78 is 0. The maximum Gasteiger partial charge on any atom is 0.00636 e. The highest BCUT2D eigenvalue weighted by Crippen LogP contribution is 2.31. The summed E-state index contributed by atoms with van der Waals surface area (Å²) >= 11 is 0. The molecule has 0 saturated heterocycles. The zero-order valence-corrected chi connectivity index (χ0v) is 12.3. The van der Waals surface area contributed by atoms with E-state index in [0.29, 0.717) is 5.92 Å². The van der Waals surface area contributed by atoms with Crippen molar-refractivity contribution in [3.63, 3.8) is 0 Å². The molecule has 0 heterocycles. The number of aryl methyl sites for hydroxylation is 2. The van der Waals surface area contributed by atoms with Gasteiger partial charge in [0.25, 0.3) is 0 Å². The third kappa shape index (κ3) is 3.14. The normalized spacial score (nSPS) is 13.4. The van der Waals surface area contributed by atoms with Crippen LogP contribution in [-0.2, 0) is 0 Å². The van der Waals surface area contributed by atoms with E-state index in [0.717, 1.165) is 0 Å². The van der Waals surface area contributed by atoms with Crippen molar-refractivity contribution in [3.05, 3.63) is 76.9 Å². The SMILES string of the molecule is CC=C(c1ccc(C)cc1)C(C)c1ccc(C)cc1. The van der Waals surface area contributed by atoms with Crippen LogP contribution < -0.4 is 0 Å². The Morgan fingerprint density at radius 2 is 1.32 bits per heavy atom. The van der Waals surface area contributed by atoms with Gasteiger partial charge in [0.05, 0.1) is 0 Å². The van der Waals surface area contributed by atoms with Gasteiger partial charge in [0.1, 0.15) is 0 Å². The van der Waals surface area contributed by atoms with Crippen LogP contribution in [0.25, 0.3) is 5.57 Å². The van der Waals surface area contributed by atoms with Gasteiger partial charge in [-0.15, -0.1) is 0 Å². The Labute approximate surface area is 116 Å². The molecule has 2 rings (SSSR count). The van der Waals surface area contributed by atoms with E-state index in [9.17, 15) is 0 Å². The highest BCUT2D eigenvalue weighted by molar-refractivity contribution is 5.71. The molecular weight excluding hydrogens is 228 g/mol. The lowest BCUT2D eigenvalue weighted by molar-refractivity contribution is 0.985. The molecule has 0 spiro atoms. The Morgan fingerprint density at radius 1 is 0.842 bits per heavy atom. The van der Waals surface area contributed by atoms with Crippen LogP contribution >= 0.6 is 0 Å². The van der Waals surface area contributed by atoms with E-state index in [1.807, 2.05) is 0 Å². The van der Waals surface area contributed by atoms with E-state index in [-0.39, 0.29) is 0 Å². The van der Waals surface area contributed by atoms with Gasteiger partial charge in [0, 0.05) is 5.92 Å². The lowest BCUT2D eigenvalue weighted by atomic mass is 9.87. The Balaban J connectivity index is 2.32. The zero-order chi connectivity index (χ0) is 13.8. The number of rotatable bonds is 3. The van der Waals surface area contributed by atoms with E-state index in [1.165, 1.54) is 27.8 Å². The predicted octanol–water partition coefficient (Wildman–Crippen LogP) is 5.51. The lowest BCUT2D eigenvalue weighted by Gasteiger charge is -2.17. The third-order valence-electron chi connectivity index (χ3n) is 3.74. The Kier molecular flexibility index (Phi) is 4.21. The second kappa shape index (κ2) is 5.88. The van der Waals surface area contributed by atoms with Crippen molar-refractivity contribution < 1.29 is 0 Å². The third-order valence-corrected chi connectivity index (χ3v) is 3.74. The smallest absolute Gasteiger partial charge is 0.00636 e. The first-order chi connectivity index (χ1) is 9.11. The van der Waals surface area contributed by atoms with Gasteiger partial charge in [-0.25, -0.2) is 0 Å². The van der Waals surface area contributed by atoms with E-state index in [1.54, 1.807) is 0 Å². The van der Waals surface area contributed by atoms with E-state index >= 15 is 0 Å². The Morgan fingerprint density at radius 3 is 1.79 bits per heavy atom. The molecule has 0 saturated carbocycles. The van der Waals surface area contributed by atoms with E-state index in [2.05, 4.69) is 82.3 Å². The molecule has 0 nitrogen and oxygen atoms in total. The van der Waals surface area contributed by atoms with Crippen molar-refractivity contribution in [3.8, 4) is 0 Å². The van der Waals surface area contributed by atoms with Crippen molar-refractivity contribution in [2.75, 3.05) is 0 Å². The molecule has 0 heteroatoms.